The number of primary amides is 1. The lowest BCUT2D eigenvalue weighted by atomic mass is 9.74. The van der Waals surface area contributed by atoms with Crippen molar-refractivity contribution in [3.8, 4) is 0 Å². The Morgan fingerprint density at radius 3 is 3.11 bits per heavy atom. The average Bonchev–Trinajstić information content (AvgIpc) is 2.81. The normalized spacial score (nSPS) is 38.0. The van der Waals surface area contributed by atoms with E-state index >= 15 is 0 Å². The predicted octanol–water partition coefficient (Wildman–Crippen LogP) is 1.43. The maximum absolute atomic E-state index is 14.5. The van der Waals surface area contributed by atoms with Gasteiger partial charge < -0.3 is 10.5 Å². The molecule has 3 heterocycles. The number of pyridine rings is 1. The van der Waals surface area contributed by atoms with Crippen LogP contribution in [-0.4, -0.2) is 22.8 Å². The van der Waals surface area contributed by atoms with E-state index in [0.717, 1.165) is 11.3 Å². The van der Waals surface area contributed by atoms with Gasteiger partial charge in [-0.2, -0.15) is 0 Å². The number of rotatable bonds is 2. The number of ether oxygens (including phenoxy) is 1. The number of nitrogens with two attached hydrogens (primary N) is 1. The quantitative estimate of drug-likeness (QED) is 0.863. The van der Waals surface area contributed by atoms with E-state index in [0.29, 0.717) is 6.42 Å². The Morgan fingerprint density at radius 1 is 1.67 bits per heavy atom. The first-order chi connectivity index (χ1) is 8.51. The predicted molar refractivity (Wildman–Crippen MR) is 62.3 cm³/mol. The van der Waals surface area contributed by atoms with Gasteiger partial charge in [0.05, 0.1) is 6.10 Å². The second-order valence-electron chi connectivity index (χ2n) is 5.12. The van der Waals surface area contributed by atoms with Crippen LogP contribution in [0.25, 0.3) is 0 Å². The van der Waals surface area contributed by atoms with Crippen molar-refractivity contribution in [2.45, 2.75) is 37.6 Å². The van der Waals surface area contributed by atoms with Crippen LogP contribution >= 0.6 is 0 Å². The van der Waals surface area contributed by atoms with E-state index in [1.54, 1.807) is 12.3 Å². The van der Waals surface area contributed by atoms with Crippen LogP contribution in [-0.2, 0) is 9.53 Å². The Balaban J connectivity index is 2.03. The van der Waals surface area contributed by atoms with Gasteiger partial charge in [-0.05, 0) is 31.0 Å². The van der Waals surface area contributed by atoms with Crippen LogP contribution in [0.1, 0.15) is 30.0 Å². The molecule has 4 nitrogen and oxygen atoms in total. The standard InChI is InChI=1S/C13H15FN2O2/c1-7-6-8(3-5-16-7)10-9-2-4-13(14,18-9)11(10)12(15)17/h3,5-6,9-11H,2,4H2,1H3,(H2,15,17). The molecule has 4 atom stereocenters. The zero-order valence-corrected chi connectivity index (χ0v) is 10.1. The van der Waals surface area contributed by atoms with E-state index in [2.05, 4.69) is 4.98 Å². The molecule has 0 radical (unpaired) electrons. The number of hydrogen-bond donors (Lipinski definition) is 1. The van der Waals surface area contributed by atoms with Crippen molar-refractivity contribution in [2.24, 2.45) is 11.7 Å². The van der Waals surface area contributed by atoms with Crippen molar-refractivity contribution in [1.82, 2.24) is 4.98 Å². The number of aryl methyl sites for hydroxylation is 1. The van der Waals surface area contributed by atoms with Gasteiger partial charge in [-0.25, -0.2) is 4.39 Å². The second kappa shape index (κ2) is 3.75. The monoisotopic (exact) mass is 250 g/mol. The van der Waals surface area contributed by atoms with Gasteiger partial charge in [0, 0.05) is 24.2 Å². The fraction of sp³-hybridized carbons (Fsp3) is 0.538. The summed E-state index contributed by atoms with van der Waals surface area (Å²) >= 11 is 0. The number of alkyl halides is 1. The summed E-state index contributed by atoms with van der Waals surface area (Å²) in [4.78, 5) is 15.7. The van der Waals surface area contributed by atoms with E-state index < -0.39 is 17.7 Å². The van der Waals surface area contributed by atoms with Crippen LogP contribution in [0.15, 0.2) is 18.3 Å². The molecule has 2 saturated heterocycles. The number of nitrogens with zero attached hydrogens (tertiary/aromatic N) is 1. The lowest BCUT2D eigenvalue weighted by molar-refractivity contribution is -0.144. The SMILES string of the molecule is Cc1cc(C2C3CCC(F)(O3)C2C(N)=O)ccn1. The maximum Gasteiger partial charge on any atom is 0.227 e. The van der Waals surface area contributed by atoms with E-state index in [-0.39, 0.29) is 18.4 Å². The third kappa shape index (κ3) is 1.54. The molecule has 2 bridgehead atoms. The minimum Gasteiger partial charge on any atom is -0.369 e. The van der Waals surface area contributed by atoms with Gasteiger partial charge in [-0.15, -0.1) is 0 Å². The largest absolute Gasteiger partial charge is 0.369 e. The molecule has 0 spiro atoms. The van der Waals surface area contributed by atoms with Gasteiger partial charge in [0.2, 0.25) is 11.8 Å². The van der Waals surface area contributed by atoms with E-state index in [1.165, 1.54) is 0 Å². The first kappa shape index (κ1) is 11.6. The molecule has 2 aliphatic rings. The van der Waals surface area contributed by atoms with Crippen molar-refractivity contribution in [1.29, 1.82) is 0 Å². The Labute approximate surface area is 104 Å². The molecule has 2 aliphatic heterocycles. The molecule has 1 aromatic rings. The lowest BCUT2D eigenvalue weighted by Crippen LogP contribution is -2.42. The van der Waals surface area contributed by atoms with Crippen LogP contribution in [0.4, 0.5) is 4.39 Å². The van der Waals surface area contributed by atoms with Gasteiger partial charge in [-0.3, -0.25) is 9.78 Å². The summed E-state index contributed by atoms with van der Waals surface area (Å²) in [6.45, 7) is 1.86. The highest BCUT2D eigenvalue weighted by molar-refractivity contribution is 5.80. The van der Waals surface area contributed by atoms with Gasteiger partial charge in [0.1, 0.15) is 5.92 Å². The third-order valence-electron chi connectivity index (χ3n) is 3.95. The minimum absolute atomic E-state index is 0.255. The molecule has 3 rings (SSSR count). The molecule has 2 N–H and O–H groups in total. The highest BCUT2D eigenvalue weighted by Gasteiger charge is 2.63. The molecule has 4 unspecified atom stereocenters. The summed E-state index contributed by atoms with van der Waals surface area (Å²) in [5, 5.41) is 0. The highest BCUT2D eigenvalue weighted by atomic mass is 19.2. The maximum atomic E-state index is 14.5. The van der Waals surface area contributed by atoms with Crippen molar-refractivity contribution in [3.63, 3.8) is 0 Å². The number of halogens is 1. The Hall–Kier alpha value is -1.49. The Morgan fingerprint density at radius 2 is 2.44 bits per heavy atom. The van der Waals surface area contributed by atoms with Crippen LogP contribution in [0.3, 0.4) is 0 Å². The van der Waals surface area contributed by atoms with E-state index in [1.807, 2.05) is 13.0 Å². The van der Waals surface area contributed by atoms with Crippen LogP contribution in [0.5, 0.6) is 0 Å². The van der Waals surface area contributed by atoms with E-state index in [9.17, 15) is 9.18 Å². The van der Waals surface area contributed by atoms with Crippen molar-refractivity contribution < 1.29 is 13.9 Å². The second-order valence-corrected chi connectivity index (χ2v) is 5.12. The van der Waals surface area contributed by atoms with Gasteiger partial charge in [0.15, 0.2) is 0 Å². The third-order valence-corrected chi connectivity index (χ3v) is 3.95. The number of amides is 1. The summed E-state index contributed by atoms with van der Waals surface area (Å²) in [6, 6.07) is 3.68. The van der Waals surface area contributed by atoms with Crippen LogP contribution in [0, 0.1) is 12.8 Å². The molecule has 0 aromatic carbocycles. The highest BCUT2D eigenvalue weighted by Crippen LogP contribution is 2.55. The lowest BCUT2D eigenvalue weighted by Gasteiger charge is -2.28. The fourth-order valence-electron chi connectivity index (χ4n) is 3.24. The summed E-state index contributed by atoms with van der Waals surface area (Å²) in [7, 11) is 0. The number of hydrogen-bond acceptors (Lipinski definition) is 3. The first-order valence-electron chi connectivity index (χ1n) is 6.10. The molecule has 0 saturated carbocycles. The number of carbonyl (C=O) groups is 1. The Kier molecular flexibility index (Phi) is 2.41. The molecule has 18 heavy (non-hydrogen) atoms. The fourth-order valence-corrected chi connectivity index (χ4v) is 3.24. The first-order valence-corrected chi connectivity index (χ1v) is 6.10. The van der Waals surface area contributed by atoms with E-state index in [4.69, 9.17) is 10.5 Å². The van der Waals surface area contributed by atoms with Crippen molar-refractivity contribution in [3.05, 3.63) is 29.6 Å². The number of fused-ring (bicyclic) bond motifs is 2. The Bertz CT molecular complexity index is 508. The van der Waals surface area contributed by atoms with Crippen molar-refractivity contribution in [2.75, 3.05) is 0 Å². The zero-order chi connectivity index (χ0) is 12.9. The molecule has 1 aromatic heterocycles. The molecule has 2 fully saturated rings. The molecule has 5 heteroatoms. The molecule has 1 amide bonds. The smallest absolute Gasteiger partial charge is 0.227 e. The topological polar surface area (TPSA) is 65.2 Å². The molecule has 0 aliphatic carbocycles. The summed E-state index contributed by atoms with van der Waals surface area (Å²) in [6.07, 6.45) is 2.30. The zero-order valence-electron chi connectivity index (χ0n) is 10.1. The van der Waals surface area contributed by atoms with Gasteiger partial charge in [-0.1, -0.05) is 0 Å². The molecular weight excluding hydrogens is 235 g/mol. The average molecular weight is 250 g/mol. The number of aromatic nitrogens is 1. The van der Waals surface area contributed by atoms with Gasteiger partial charge >= 0.3 is 0 Å². The van der Waals surface area contributed by atoms with Crippen LogP contribution < -0.4 is 5.73 Å². The van der Waals surface area contributed by atoms with Crippen LogP contribution in [0.2, 0.25) is 0 Å². The van der Waals surface area contributed by atoms with Crippen molar-refractivity contribution >= 4 is 5.91 Å². The summed E-state index contributed by atoms with van der Waals surface area (Å²) in [5.74, 6) is -3.68. The number of carbonyl (C=O) groups excluding carboxylic acids is 1. The molecule has 96 valence electrons. The van der Waals surface area contributed by atoms with Gasteiger partial charge in [0.25, 0.3) is 0 Å². The summed E-state index contributed by atoms with van der Waals surface area (Å²) < 4.78 is 19.8. The minimum atomic E-state index is -1.88. The molecular formula is C13H15FN2O2. The summed E-state index contributed by atoms with van der Waals surface area (Å²) in [5.41, 5.74) is 7.08.